The molecule has 1 aliphatic carbocycles. The molecule has 2 nitrogen and oxygen atoms in total. The Bertz CT molecular complexity index is 578. The molecule has 19 heavy (non-hydrogen) atoms. The Balaban J connectivity index is 2.13. The molecule has 100 valence electrons. The van der Waals surface area contributed by atoms with E-state index in [1.54, 1.807) is 0 Å². The number of nitrogens with zero attached hydrogens (tertiary/aromatic N) is 1. The zero-order chi connectivity index (χ0) is 13.6. The van der Waals surface area contributed by atoms with Crippen molar-refractivity contribution in [2.24, 2.45) is 5.73 Å². The highest BCUT2D eigenvalue weighted by molar-refractivity contribution is 7.15. The minimum absolute atomic E-state index is 0.0405. The number of rotatable bonds is 3. The third kappa shape index (κ3) is 2.28. The van der Waals surface area contributed by atoms with Gasteiger partial charge in [0.05, 0.1) is 11.3 Å². The molecule has 1 heterocycles. The van der Waals surface area contributed by atoms with Crippen LogP contribution in [-0.2, 0) is 0 Å². The van der Waals surface area contributed by atoms with Gasteiger partial charge in [-0.15, -0.1) is 11.3 Å². The molecule has 2 N–H and O–H groups in total. The standard InChI is InChI=1S/C14H14F2N2S/c1-7(17)13-12(8-5-6-8)18-14(19-13)11-9(15)3-2-4-10(11)16/h2-4,7-8H,5-6,17H2,1H3. The van der Waals surface area contributed by atoms with E-state index in [0.29, 0.717) is 10.9 Å². The van der Waals surface area contributed by atoms with Crippen LogP contribution in [0.3, 0.4) is 0 Å². The van der Waals surface area contributed by atoms with E-state index in [-0.39, 0.29) is 11.6 Å². The Hall–Kier alpha value is -1.33. The van der Waals surface area contributed by atoms with E-state index in [1.807, 2.05) is 6.92 Å². The van der Waals surface area contributed by atoms with Crippen molar-refractivity contribution in [1.82, 2.24) is 4.98 Å². The highest BCUT2D eigenvalue weighted by Crippen LogP contribution is 2.46. The number of nitrogens with two attached hydrogens (primary N) is 1. The fourth-order valence-electron chi connectivity index (χ4n) is 2.13. The minimum Gasteiger partial charge on any atom is -0.323 e. The number of thiazole rings is 1. The molecule has 0 radical (unpaired) electrons. The molecular formula is C14H14F2N2S. The van der Waals surface area contributed by atoms with Gasteiger partial charge in [0.2, 0.25) is 0 Å². The summed E-state index contributed by atoms with van der Waals surface area (Å²) in [5.41, 5.74) is 6.82. The van der Waals surface area contributed by atoms with Gasteiger partial charge in [-0.2, -0.15) is 0 Å². The van der Waals surface area contributed by atoms with Crippen molar-refractivity contribution >= 4 is 11.3 Å². The SMILES string of the molecule is CC(N)c1sc(-c2c(F)cccc2F)nc1C1CC1. The average Bonchev–Trinajstić information content (AvgIpc) is 3.09. The topological polar surface area (TPSA) is 38.9 Å². The van der Waals surface area contributed by atoms with Crippen LogP contribution in [0.15, 0.2) is 18.2 Å². The van der Waals surface area contributed by atoms with Gasteiger partial charge in [0.1, 0.15) is 16.6 Å². The summed E-state index contributed by atoms with van der Waals surface area (Å²) in [6.07, 6.45) is 2.17. The first-order valence-electron chi connectivity index (χ1n) is 6.28. The number of halogens is 2. The van der Waals surface area contributed by atoms with Crippen LogP contribution in [0.25, 0.3) is 10.6 Å². The smallest absolute Gasteiger partial charge is 0.136 e. The van der Waals surface area contributed by atoms with Crippen LogP contribution < -0.4 is 5.73 Å². The van der Waals surface area contributed by atoms with Gasteiger partial charge in [-0.05, 0) is 31.9 Å². The molecule has 2 aromatic rings. The van der Waals surface area contributed by atoms with E-state index in [0.717, 1.165) is 23.4 Å². The average molecular weight is 280 g/mol. The van der Waals surface area contributed by atoms with Crippen LogP contribution >= 0.6 is 11.3 Å². The number of hydrogen-bond acceptors (Lipinski definition) is 3. The molecule has 0 bridgehead atoms. The van der Waals surface area contributed by atoms with E-state index < -0.39 is 11.6 Å². The minimum atomic E-state index is -0.577. The fourth-order valence-corrected chi connectivity index (χ4v) is 3.28. The molecule has 1 saturated carbocycles. The Morgan fingerprint density at radius 3 is 2.47 bits per heavy atom. The Labute approximate surface area is 114 Å². The van der Waals surface area contributed by atoms with Gasteiger partial charge in [-0.1, -0.05) is 6.07 Å². The van der Waals surface area contributed by atoms with E-state index in [9.17, 15) is 8.78 Å². The van der Waals surface area contributed by atoms with Gasteiger partial charge in [-0.25, -0.2) is 13.8 Å². The maximum atomic E-state index is 13.8. The predicted octanol–water partition coefficient (Wildman–Crippen LogP) is 3.99. The fraction of sp³-hybridized carbons (Fsp3) is 0.357. The number of hydrogen-bond donors (Lipinski definition) is 1. The summed E-state index contributed by atoms with van der Waals surface area (Å²) in [5.74, 6) is -0.736. The molecular weight excluding hydrogens is 266 g/mol. The first kappa shape index (κ1) is 12.7. The number of aromatic nitrogens is 1. The predicted molar refractivity (Wildman–Crippen MR) is 72.0 cm³/mol. The second-order valence-electron chi connectivity index (χ2n) is 4.93. The van der Waals surface area contributed by atoms with Crippen LogP contribution in [0.4, 0.5) is 8.78 Å². The summed E-state index contributed by atoms with van der Waals surface area (Å²) in [7, 11) is 0. The quantitative estimate of drug-likeness (QED) is 0.923. The molecule has 1 fully saturated rings. The molecule has 0 saturated heterocycles. The maximum Gasteiger partial charge on any atom is 0.136 e. The summed E-state index contributed by atoms with van der Waals surface area (Å²) in [5, 5.41) is 0.393. The van der Waals surface area contributed by atoms with Crippen molar-refractivity contribution in [3.8, 4) is 10.6 Å². The normalized spacial score (nSPS) is 16.6. The van der Waals surface area contributed by atoms with E-state index in [4.69, 9.17) is 5.73 Å². The van der Waals surface area contributed by atoms with Crippen molar-refractivity contribution in [2.45, 2.75) is 31.7 Å². The Kier molecular flexibility index (Phi) is 3.11. The summed E-state index contributed by atoms with van der Waals surface area (Å²) < 4.78 is 27.6. The van der Waals surface area contributed by atoms with Crippen LogP contribution in [0.1, 0.15) is 42.3 Å². The van der Waals surface area contributed by atoms with Crippen molar-refractivity contribution in [1.29, 1.82) is 0 Å². The molecule has 0 amide bonds. The van der Waals surface area contributed by atoms with Crippen molar-refractivity contribution < 1.29 is 8.78 Å². The third-order valence-electron chi connectivity index (χ3n) is 3.24. The lowest BCUT2D eigenvalue weighted by Gasteiger charge is -2.02. The van der Waals surface area contributed by atoms with Crippen molar-refractivity contribution in [3.05, 3.63) is 40.4 Å². The summed E-state index contributed by atoms with van der Waals surface area (Å²) in [4.78, 5) is 5.39. The van der Waals surface area contributed by atoms with Gasteiger partial charge in [-0.3, -0.25) is 0 Å². The van der Waals surface area contributed by atoms with Gasteiger partial charge < -0.3 is 5.73 Å². The van der Waals surface area contributed by atoms with Crippen molar-refractivity contribution in [3.63, 3.8) is 0 Å². The van der Waals surface area contributed by atoms with Crippen LogP contribution in [0.2, 0.25) is 0 Å². The second-order valence-corrected chi connectivity index (χ2v) is 5.96. The number of benzene rings is 1. The molecule has 1 atom stereocenters. The molecule has 1 aromatic carbocycles. The van der Waals surface area contributed by atoms with Gasteiger partial charge in [0.15, 0.2) is 0 Å². The van der Waals surface area contributed by atoms with Gasteiger partial charge in [0.25, 0.3) is 0 Å². The largest absolute Gasteiger partial charge is 0.323 e. The van der Waals surface area contributed by atoms with Gasteiger partial charge >= 0.3 is 0 Å². The van der Waals surface area contributed by atoms with Crippen LogP contribution in [-0.4, -0.2) is 4.98 Å². The van der Waals surface area contributed by atoms with Crippen LogP contribution in [0, 0.1) is 11.6 Å². The molecule has 3 rings (SSSR count). The highest BCUT2D eigenvalue weighted by atomic mass is 32.1. The highest BCUT2D eigenvalue weighted by Gasteiger charge is 2.31. The molecule has 5 heteroatoms. The van der Waals surface area contributed by atoms with Crippen molar-refractivity contribution in [2.75, 3.05) is 0 Å². The summed E-state index contributed by atoms with van der Waals surface area (Å²) >= 11 is 1.30. The first-order valence-corrected chi connectivity index (χ1v) is 7.10. The monoisotopic (exact) mass is 280 g/mol. The van der Waals surface area contributed by atoms with E-state index in [1.165, 1.54) is 29.5 Å². The van der Waals surface area contributed by atoms with E-state index in [2.05, 4.69) is 4.98 Å². The molecule has 1 unspecified atom stereocenters. The Morgan fingerprint density at radius 2 is 1.95 bits per heavy atom. The molecule has 0 aliphatic heterocycles. The van der Waals surface area contributed by atoms with E-state index >= 15 is 0 Å². The molecule has 1 aromatic heterocycles. The third-order valence-corrected chi connectivity index (χ3v) is 4.52. The van der Waals surface area contributed by atoms with Gasteiger partial charge in [0, 0.05) is 16.8 Å². The summed E-state index contributed by atoms with van der Waals surface area (Å²) in [6.45, 7) is 1.88. The molecule has 0 spiro atoms. The second kappa shape index (κ2) is 4.65. The summed E-state index contributed by atoms with van der Waals surface area (Å²) in [6, 6.07) is 3.71. The lowest BCUT2D eigenvalue weighted by Crippen LogP contribution is -2.05. The maximum absolute atomic E-state index is 13.8. The zero-order valence-electron chi connectivity index (χ0n) is 10.5. The zero-order valence-corrected chi connectivity index (χ0v) is 11.3. The lowest BCUT2D eigenvalue weighted by molar-refractivity contribution is 0.589. The Morgan fingerprint density at radius 1 is 1.32 bits per heavy atom. The first-order chi connectivity index (χ1) is 9.08. The lowest BCUT2D eigenvalue weighted by atomic mass is 10.2. The molecule has 1 aliphatic rings. The van der Waals surface area contributed by atoms with Crippen LogP contribution in [0.5, 0.6) is 0 Å².